The zero-order valence-electron chi connectivity index (χ0n) is 14.0. The lowest BCUT2D eigenvalue weighted by Crippen LogP contribution is -2.33. The van der Waals surface area contributed by atoms with Crippen molar-refractivity contribution in [1.82, 2.24) is 5.32 Å². The second-order valence-electron chi connectivity index (χ2n) is 6.31. The van der Waals surface area contributed by atoms with Gasteiger partial charge in [0.05, 0.1) is 0 Å². The number of aryl methyl sites for hydroxylation is 1. The van der Waals surface area contributed by atoms with Crippen molar-refractivity contribution < 1.29 is 9.21 Å². The largest absolute Gasteiger partial charge is 0.457 e. The smallest absolute Gasteiger partial charge is 0.262 e. The summed E-state index contributed by atoms with van der Waals surface area (Å²) < 4.78 is 6.75. The molecule has 0 spiro atoms. The molecule has 0 bridgehead atoms. The molecule has 3 rings (SSSR count). The number of nitrogens with one attached hydrogen (secondary N) is 1. The SMILES string of the molecule is Cc1ccc(-c2ccc(/C=C(\C#N)C(=O)NC3CCCC3)o2)c(Br)c1. The van der Waals surface area contributed by atoms with Gasteiger partial charge in [-0.25, -0.2) is 0 Å². The highest BCUT2D eigenvalue weighted by Gasteiger charge is 2.19. The van der Waals surface area contributed by atoms with E-state index in [1.54, 1.807) is 6.07 Å². The Hall–Kier alpha value is -2.32. The molecule has 1 aromatic heterocycles. The zero-order chi connectivity index (χ0) is 17.8. The summed E-state index contributed by atoms with van der Waals surface area (Å²) in [6.45, 7) is 2.02. The van der Waals surface area contributed by atoms with Gasteiger partial charge >= 0.3 is 0 Å². The maximum atomic E-state index is 12.3. The lowest BCUT2D eigenvalue weighted by Gasteiger charge is -2.10. The standard InChI is InChI=1S/C20H19BrN2O2/c1-13-6-8-17(18(21)10-13)19-9-7-16(25-19)11-14(12-22)20(24)23-15-4-2-3-5-15/h6-11,15H,2-5H2,1H3,(H,23,24)/b14-11+. The van der Waals surface area contributed by atoms with Gasteiger partial charge in [-0.2, -0.15) is 5.26 Å². The first-order valence-corrected chi connectivity index (χ1v) is 9.15. The van der Waals surface area contributed by atoms with Crippen molar-refractivity contribution >= 4 is 27.9 Å². The number of rotatable bonds is 4. The fourth-order valence-electron chi connectivity index (χ4n) is 3.02. The molecule has 0 unspecified atom stereocenters. The Morgan fingerprint density at radius 1 is 1.32 bits per heavy atom. The Bertz CT molecular complexity index is 855. The lowest BCUT2D eigenvalue weighted by atomic mass is 10.1. The van der Waals surface area contributed by atoms with Gasteiger partial charge < -0.3 is 9.73 Å². The zero-order valence-corrected chi connectivity index (χ0v) is 15.6. The van der Waals surface area contributed by atoms with Crippen molar-refractivity contribution in [2.45, 2.75) is 38.6 Å². The van der Waals surface area contributed by atoms with Gasteiger partial charge in [-0.05, 0) is 49.6 Å². The molecule has 1 heterocycles. The molecule has 4 nitrogen and oxygen atoms in total. The third kappa shape index (κ3) is 4.21. The van der Waals surface area contributed by atoms with Crippen molar-refractivity contribution in [2.24, 2.45) is 0 Å². The molecular formula is C20H19BrN2O2. The van der Waals surface area contributed by atoms with Crippen LogP contribution in [0.3, 0.4) is 0 Å². The van der Waals surface area contributed by atoms with Crippen LogP contribution in [0.2, 0.25) is 0 Å². The molecule has 1 aliphatic carbocycles. The average Bonchev–Trinajstić information content (AvgIpc) is 3.24. The first-order chi connectivity index (χ1) is 12.1. The monoisotopic (exact) mass is 398 g/mol. The minimum absolute atomic E-state index is 0.0655. The third-order valence-corrected chi connectivity index (χ3v) is 5.01. The average molecular weight is 399 g/mol. The van der Waals surface area contributed by atoms with E-state index in [1.165, 1.54) is 6.08 Å². The minimum atomic E-state index is -0.330. The van der Waals surface area contributed by atoms with Crippen molar-refractivity contribution in [3.05, 3.63) is 51.7 Å². The number of carbonyl (C=O) groups excluding carboxylic acids is 1. The number of benzene rings is 1. The fourth-order valence-corrected chi connectivity index (χ4v) is 3.71. The molecule has 0 atom stereocenters. The van der Waals surface area contributed by atoms with Gasteiger partial charge in [0.2, 0.25) is 0 Å². The molecule has 0 radical (unpaired) electrons. The number of nitrogens with zero attached hydrogens (tertiary/aromatic N) is 1. The van der Waals surface area contributed by atoms with Gasteiger partial charge in [-0.3, -0.25) is 4.79 Å². The van der Waals surface area contributed by atoms with E-state index in [-0.39, 0.29) is 17.5 Å². The van der Waals surface area contributed by atoms with Crippen molar-refractivity contribution in [3.63, 3.8) is 0 Å². The van der Waals surface area contributed by atoms with Crippen LogP contribution in [0.15, 0.2) is 44.8 Å². The number of hydrogen-bond donors (Lipinski definition) is 1. The van der Waals surface area contributed by atoms with Crippen LogP contribution < -0.4 is 5.32 Å². The fraction of sp³-hybridized carbons (Fsp3) is 0.300. The van der Waals surface area contributed by atoms with E-state index >= 15 is 0 Å². The highest BCUT2D eigenvalue weighted by molar-refractivity contribution is 9.10. The Morgan fingerprint density at radius 2 is 2.08 bits per heavy atom. The number of amides is 1. The van der Waals surface area contributed by atoms with Crippen molar-refractivity contribution in [1.29, 1.82) is 5.26 Å². The molecule has 1 N–H and O–H groups in total. The van der Waals surface area contributed by atoms with Gasteiger partial charge in [0, 0.05) is 22.2 Å². The van der Waals surface area contributed by atoms with E-state index in [2.05, 4.69) is 21.2 Å². The van der Waals surface area contributed by atoms with E-state index in [4.69, 9.17) is 4.42 Å². The Balaban J connectivity index is 1.79. The highest BCUT2D eigenvalue weighted by Crippen LogP contribution is 2.31. The molecule has 128 valence electrons. The van der Waals surface area contributed by atoms with E-state index in [0.717, 1.165) is 41.3 Å². The van der Waals surface area contributed by atoms with E-state index in [0.29, 0.717) is 11.5 Å². The van der Waals surface area contributed by atoms with Crippen LogP contribution >= 0.6 is 15.9 Å². The molecule has 0 saturated heterocycles. The second kappa shape index (κ2) is 7.71. The summed E-state index contributed by atoms with van der Waals surface area (Å²) in [4.78, 5) is 12.3. The molecular weight excluding hydrogens is 380 g/mol. The maximum Gasteiger partial charge on any atom is 0.262 e. The first-order valence-electron chi connectivity index (χ1n) is 8.36. The van der Waals surface area contributed by atoms with Crippen molar-refractivity contribution in [2.75, 3.05) is 0 Å². The van der Waals surface area contributed by atoms with Gasteiger partial charge in [0.25, 0.3) is 5.91 Å². The lowest BCUT2D eigenvalue weighted by molar-refractivity contribution is -0.117. The van der Waals surface area contributed by atoms with Crippen LogP contribution in [0.1, 0.15) is 37.0 Å². The number of furan rings is 1. The van der Waals surface area contributed by atoms with E-state index in [1.807, 2.05) is 37.3 Å². The summed E-state index contributed by atoms with van der Waals surface area (Å²) in [6.07, 6.45) is 5.72. The number of carbonyl (C=O) groups is 1. The summed E-state index contributed by atoms with van der Waals surface area (Å²) in [7, 11) is 0. The number of halogens is 1. The predicted octanol–water partition coefficient (Wildman–Crippen LogP) is 4.98. The summed E-state index contributed by atoms with van der Waals surface area (Å²) >= 11 is 3.54. The van der Waals surface area contributed by atoms with Gasteiger partial charge in [-0.15, -0.1) is 0 Å². The van der Waals surface area contributed by atoms with Crippen LogP contribution in [-0.4, -0.2) is 11.9 Å². The van der Waals surface area contributed by atoms with Gasteiger partial charge in [0.15, 0.2) is 0 Å². The Morgan fingerprint density at radius 3 is 2.76 bits per heavy atom. The Kier molecular flexibility index (Phi) is 5.40. The Labute approximate surface area is 155 Å². The molecule has 1 saturated carbocycles. The molecule has 1 aliphatic rings. The van der Waals surface area contributed by atoms with Crippen LogP contribution in [0, 0.1) is 18.3 Å². The van der Waals surface area contributed by atoms with Crippen LogP contribution in [0.4, 0.5) is 0 Å². The first kappa shape index (κ1) is 17.5. The summed E-state index contributed by atoms with van der Waals surface area (Å²) in [5.74, 6) is 0.844. The summed E-state index contributed by atoms with van der Waals surface area (Å²) in [5.41, 5.74) is 2.15. The third-order valence-electron chi connectivity index (χ3n) is 4.36. The van der Waals surface area contributed by atoms with Crippen LogP contribution in [0.5, 0.6) is 0 Å². The molecule has 1 amide bonds. The molecule has 0 aliphatic heterocycles. The number of nitriles is 1. The normalized spacial score (nSPS) is 15.2. The quantitative estimate of drug-likeness (QED) is 0.582. The number of hydrogen-bond acceptors (Lipinski definition) is 3. The topological polar surface area (TPSA) is 66.0 Å². The van der Waals surface area contributed by atoms with E-state index < -0.39 is 0 Å². The molecule has 1 aromatic carbocycles. The maximum absolute atomic E-state index is 12.3. The highest BCUT2D eigenvalue weighted by atomic mass is 79.9. The van der Waals surface area contributed by atoms with Crippen molar-refractivity contribution in [3.8, 4) is 17.4 Å². The molecule has 2 aromatic rings. The van der Waals surface area contributed by atoms with Crippen LogP contribution in [0.25, 0.3) is 17.4 Å². The van der Waals surface area contributed by atoms with Crippen LogP contribution in [-0.2, 0) is 4.79 Å². The summed E-state index contributed by atoms with van der Waals surface area (Å²) in [5, 5.41) is 12.2. The molecule has 5 heteroatoms. The predicted molar refractivity (Wildman–Crippen MR) is 101 cm³/mol. The molecule has 1 fully saturated rings. The second-order valence-corrected chi connectivity index (χ2v) is 7.16. The van der Waals surface area contributed by atoms with Gasteiger partial charge in [0.1, 0.15) is 23.2 Å². The summed E-state index contributed by atoms with van der Waals surface area (Å²) in [6, 6.07) is 11.8. The van der Waals surface area contributed by atoms with E-state index in [9.17, 15) is 10.1 Å². The minimum Gasteiger partial charge on any atom is -0.457 e. The molecule has 25 heavy (non-hydrogen) atoms. The van der Waals surface area contributed by atoms with Gasteiger partial charge in [-0.1, -0.05) is 34.8 Å².